The molecule has 0 spiro atoms. The Morgan fingerprint density at radius 2 is 1.80 bits per heavy atom. The maximum atomic E-state index is 12.2. The summed E-state index contributed by atoms with van der Waals surface area (Å²) in [5.41, 5.74) is 6.06. The Morgan fingerprint density at radius 1 is 1.20 bits per heavy atom. The molecule has 0 saturated carbocycles. The van der Waals surface area contributed by atoms with E-state index in [1.54, 1.807) is 7.05 Å². The van der Waals surface area contributed by atoms with Gasteiger partial charge >= 0.3 is 5.69 Å². The van der Waals surface area contributed by atoms with Crippen LogP contribution in [0.2, 0.25) is 0 Å². The smallest absolute Gasteiger partial charge is 0.322 e. The molecule has 2 unspecified atom stereocenters. The minimum Gasteiger partial charge on any atom is -0.322 e. The predicted octanol–water partition coefficient (Wildman–Crippen LogP) is 0.424. The van der Waals surface area contributed by atoms with E-state index < -0.39 is 0 Å². The number of rotatable bonds is 3. The van der Waals surface area contributed by atoms with Crippen molar-refractivity contribution in [3.05, 3.63) is 26.7 Å². The Balaban J connectivity index is 3.05. The zero-order valence-electron chi connectivity index (χ0n) is 12.5. The Morgan fingerprint density at radius 3 is 2.30 bits per heavy atom. The fourth-order valence-electron chi connectivity index (χ4n) is 2.40. The molecule has 0 aliphatic heterocycles. The second-order valence-electron chi connectivity index (χ2n) is 5.26. The van der Waals surface area contributed by atoms with Gasteiger partial charge in [0.15, 0.2) is 5.52 Å². The van der Waals surface area contributed by atoms with Crippen molar-refractivity contribution < 1.29 is 0 Å². The standard InChI is InChI=1S/C13H21N5O2/c1-6-7(2)18-10(8(3)14)15-9-11(18)16(4)13(20)17(5)12(9)19/h7-8H,6,14H2,1-5H3. The first-order valence-corrected chi connectivity index (χ1v) is 6.74. The van der Waals surface area contributed by atoms with E-state index in [0.29, 0.717) is 17.0 Å². The molecule has 0 bridgehead atoms. The third-order valence-electron chi connectivity index (χ3n) is 3.75. The molecule has 7 heteroatoms. The number of hydrogen-bond acceptors (Lipinski definition) is 4. The van der Waals surface area contributed by atoms with Gasteiger partial charge < -0.3 is 10.3 Å². The van der Waals surface area contributed by atoms with Crippen LogP contribution in [0.4, 0.5) is 0 Å². The zero-order valence-corrected chi connectivity index (χ0v) is 12.5. The van der Waals surface area contributed by atoms with Crippen LogP contribution in [0, 0.1) is 0 Å². The van der Waals surface area contributed by atoms with Crippen LogP contribution in [0.25, 0.3) is 11.2 Å². The van der Waals surface area contributed by atoms with Gasteiger partial charge in [0.1, 0.15) is 11.5 Å². The van der Waals surface area contributed by atoms with E-state index in [-0.39, 0.29) is 23.3 Å². The summed E-state index contributed by atoms with van der Waals surface area (Å²) in [7, 11) is 3.10. The highest BCUT2D eigenvalue weighted by Gasteiger charge is 2.22. The fraction of sp³-hybridized carbons (Fsp3) is 0.615. The lowest BCUT2D eigenvalue weighted by Crippen LogP contribution is -2.37. The molecule has 0 aromatic carbocycles. The van der Waals surface area contributed by atoms with Crippen molar-refractivity contribution in [2.75, 3.05) is 0 Å². The summed E-state index contributed by atoms with van der Waals surface area (Å²) in [5, 5.41) is 0. The lowest BCUT2D eigenvalue weighted by molar-refractivity contribution is 0.496. The highest BCUT2D eigenvalue weighted by atomic mass is 16.2. The second kappa shape index (κ2) is 4.90. The maximum Gasteiger partial charge on any atom is 0.332 e. The van der Waals surface area contributed by atoms with Gasteiger partial charge in [-0.2, -0.15) is 0 Å². The van der Waals surface area contributed by atoms with Gasteiger partial charge in [0, 0.05) is 20.1 Å². The normalized spacial score (nSPS) is 14.7. The molecule has 0 aliphatic carbocycles. The van der Waals surface area contributed by atoms with Gasteiger partial charge in [0.25, 0.3) is 5.56 Å². The number of aryl methyl sites for hydroxylation is 1. The van der Waals surface area contributed by atoms with Crippen molar-refractivity contribution in [1.29, 1.82) is 0 Å². The van der Waals surface area contributed by atoms with E-state index in [1.807, 2.05) is 25.3 Å². The van der Waals surface area contributed by atoms with E-state index in [9.17, 15) is 9.59 Å². The SMILES string of the molecule is CCC(C)n1c(C(C)N)nc2c(=O)n(C)c(=O)n(C)c21. The van der Waals surface area contributed by atoms with Gasteiger partial charge in [-0.3, -0.25) is 13.9 Å². The second-order valence-corrected chi connectivity index (χ2v) is 5.26. The third-order valence-corrected chi connectivity index (χ3v) is 3.75. The number of imidazole rings is 1. The van der Waals surface area contributed by atoms with Crippen molar-refractivity contribution >= 4 is 11.2 Å². The number of aromatic nitrogens is 4. The van der Waals surface area contributed by atoms with Crippen molar-refractivity contribution in [2.45, 2.75) is 39.3 Å². The van der Waals surface area contributed by atoms with Gasteiger partial charge in [-0.15, -0.1) is 0 Å². The summed E-state index contributed by atoms with van der Waals surface area (Å²) in [4.78, 5) is 28.7. The molecular weight excluding hydrogens is 258 g/mol. The molecule has 0 aliphatic rings. The monoisotopic (exact) mass is 279 g/mol. The number of nitrogens with two attached hydrogens (primary N) is 1. The van der Waals surface area contributed by atoms with Gasteiger partial charge in [-0.25, -0.2) is 9.78 Å². The number of hydrogen-bond donors (Lipinski definition) is 1. The molecule has 7 nitrogen and oxygen atoms in total. The number of nitrogens with zero attached hydrogens (tertiary/aromatic N) is 4. The Bertz CT molecular complexity index is 766. The Kier molecular flexibility index (Phi) is 3.56. The Labute approximate surface area is 116 Å². The Hall–Kier alpha value is -1.89. The molecule has 20 heavy (non-hydrogen) atoms. The molecule has 0 amide bonds. The molecule has 2 N–H and O–H groups in total. The molecule has 0 saturated heterocycles. The van der Waals surface area contributed by atoms with Gasteiger partial charge in [-0.05, 0) is 20.3 Å². The third kappa shape index (κ3) is 1.89. The summed E-state index contributed by atoms with van der Waals surface area (Å²) in [6.07, 6.45) is 0.856. The van der Waals surface area contributed by atoms with Crippen molar-refractivity contribution in [3.63, 3.8) is 0 Å². The van der Waals surface area contributed by atoms with Crippen LogP contribution in [0.5, 0.6) is 0 Å². The molecule has 2 aromatic rings. The molecule has 2 heterocycles. The van der Waals surface area contributed by atoms with E-state index in [1.165, 1.54) is 11.6 Å². The van der Waals surface area contributed by atoms with E-state index in [4.69, 9.17) is 5.73 Å². The highest BCUT2D eigenvalue weighted by molar-refractivity contribution is 5.71. The topological polar surface area (TPSA) is 87.8 Å². The van der Waals surface area contributed by atoms with Crippen LogP contribution in [0.3, 0.4) is 0 Å². The molecule has 2 rings (SSSR count). The molecule has 2 atom stereocenters. The first kappa shape index (κ1) is 14.5. The van der Waals surface area contributed by atoms with E-state index in [2.05, 4.69) is 4.98 Å². The summed E-state index contributed by atoms with van der Waals surface area (Å²) < 4.78 is 4.44. The van der Waals surface area contributed by atoms with Gasteiger partial charge in [0.2, 0.25) is 0 Å². The first-order chi connectivity index (χ1) is 9.31. The maximum absolute atomic E-state index is 12.2. The lowest BCUT2D eigenvalue weighted by Gasteiger charge is -2.18. The van der Waals surface area contributed by atoms with Gasteiger partial charge in [-0.1, -0.05) is 6.92 Å². The average molecular weight is 279 g/mol. The molecule has 0 fully saturated rings. The van der Waals surface area contributed by atoms with Crippen molar-refractivity contribution in [2.24, 2.45) is 19.8 Å². The van der Waals surface area contributed by atoms with Gasteiger partial charge in [0.05, 0.1) is 6.04 Å². The largest absolute Gasteiger partial charge is 0.332 e. The summed E-state index contributed by atoms with van der Waals surface area (Å²) >= 11 is 0. The van der Waals surface area contributed by atoms with Crippen molar-refractivity contribution in [1.82, 2.24) is 18.7 Å². The summed E-state index contributed by atoms with van der Waals surface area (Å²) in [6, 6.07) is -0.199. The minimum absolute atomic E-state index is 0.110. The molecule has 0 radical (unpaired) electrons. The molecule has 110 valence electrons. The number of fused-ring (bicyclic) bond motifs is 1. The van der Waals surface area contributed by atoms with Crippen LogP contribution in [0.1, 0.15) is 45.1 Å². The minimum atomic E-state index is -0.382. The lowest BCUT2D eigenvalue weighted by atomic mass is 10.2. The summed E-state index contributed by atoms with van der Waals surface area (Å²) in [5.74, 6) is 0.632. The van der Waals surface area contributed by atoms with Crippen LogP contribution < -0.4 is 17.0 Å². The molecular formula is C13H21N5O2. The average Bonchev–Trinajstić information content (AvgIpc) is 2.82. The molecule has 2 aromatic heterocycles. The fourth-order valence-corrected chi connectivity index (χ4v) is 2.40. The highest BCUT2D eigenvalue weighted by Crippen LogP contribution is 2.23. The van der Waals surface area contributed by atoms with Crippen LogP contribution in [-0.4, -0.2) is 18.7 Å². The first-order valence-electron chi connectivity index (χ1n) is 6.74. The van der Waals surface area contributed by atoms with E-state index in [0.717, 1.165) is 11.0 Å². The van der Waals surface area contributed by atoms with Crippen LogP contribution >= 0.6 is 0 Å². The quantitative estimate of drug-likeness (QED) is 0.882. The zero-order chi connectivity index (χ0) is 15.2. The van der Waals surface area contributed by atoms with Crippen molar-refractivity contribution in [3.8, 4) is 0 Å². The van der Waals surface area contributed by atoms with E-state index >= 15 is 0 Å². The van der Waals surface area contributed by atoms with Crippen LogP contribution in [-0.2, 0) is 14.1 Å². The summed E-state index contributed by atoms with van der Waals surface area (Å²) in [6.45, 7) is 5.89. The van der Waals surface area contributed by atoms with Crippen LogP contribution in [0.15, 0.2) is 9.59 Å². The predicted molar refractivity (Wildman–Crippen MR) is 77.8 cm³/mol.